The monoisotopic (exact) mass is 260 g/mol. The summed E-state index contributed by atoms with van der Waals surface area (Å²) in [6, 6.07) is 0. The minimum Gasteiger partial charge on any atom is -0.354 e. The van der Waals surface area contributed by atoms with Crippen LogP contribution in [-0.4, -0.2) is 37.5 Å². The maximum Gasteiger partial charge on any atom is 0.307 e. The van der Waals surface area contributed by atoms with Crippen molar-refractivity contribution in [2.45, 2.75) is 13.2 Å². The summed E-state index contributed by atoms with van der Waals surface area (Å²) in [6.45, 7) is 1.97. The Morgan fingerprint density at radius 3 is 2.47 bits per heavy atom. The number of amides is 1. The molecule has 0 aliphatic heterocycles. The Balaban J connectivity index is 2.71. The Hall–Kier alpha value is -1.18. The molecule has 1 aromatic rings. The standard InChI is InChI=1S/C10H16N2O4S/c1-6-8(17-10(14)12(6)2)9(13)11-5-7(15-3)16-4/h7H,5H2,1-4H3,(H,11,13). The molecule has 0 unspecified atom stereocenters. The topological polar surface area (TPSA) is 69.6 Å². The number of hydrogen-bond acceptors (Lipinski definition) is 5. The molecule has 0 saturated carbocycles. The summed E-state index contributed by atoms with van der Waals surface area (Å²) in [5.74, 6) is -0.288. The maximum atomic E-state index is 11.8. The number of aromatic nitrogens is 1. The van der Waals surface area contributed by atoms with Crippen LogP contribution in [0, 0.1) is 6.92 Å². The minimum absolute atomic E-state index is 0.150. The normalized spacial score (nSPS) is 10.9. The molecule has 0 bridgehead atoms. The highest BCUT2D eigenvalue weighted by atomic mass is 32.1. The van der Waals surface area contributed by atoms with Crippen LogP contribution < -0.4 is 10.2 Å². The molecule has 0 aliphatic carbocycles. The molecule has 1 amide bonds. The SMILES string of the molecule is COC(CNC(=O)c1sc(=O)n(C)c1C)OC. The van der Waals surface area contributed by atoms with Crippen LogP contribution in [0.5, 0.6) is 0 Å². The van der Waals surface area contributed by atoms with E-state index in [1.54, 1.807) is 14.0 Å². The van der Waals surface area contributed by atoms with Crippen molar-refractivity contribution < 1.29 is 14.3 Å². The molecule has 0 atom stereocenters. The molecular weight excluding hydrogens is 244 g/mol. The van der Waals surface area contributed by atoms with E-state index in [0.29, 0.717) is 10.6 Å². The summed E-state index contributed by atoms with van der Waals surface area (Å²) < 4.78 is 11.3. The Kier molecular flexibility index (Phi) is 4.86. The number of thiazole rings is 1. The van der Waals surface area contributed by atoms with Gasteiger partial charge in [-0.1, -0.05) is 11.3 Å². The Morgan fingerprint density at radius 1 is 1.47 bits per heavy atom. The van der Waals surface area contributed by atoms with Crippen molar-refractivity contribution in [3.8, 4) is 0 Å². The van der Waals surface area contributed by atoms with Crippen LogP contribution in [0.2, 0.25) is 0 Å². The highest BCUT2D eigenvalue weighted by molar-refractivity contribution is 7.11. The van der Waals surface area contributed by atoms with Crippen molar-refractivity contribution in [2.24, 2.45) is 7.05 Å². The first kappa shape index (κ1) is 13.9. The van der Waals surface area contributed by atoms with Crippen LogP contribution in [0.4, 0.5) is 0 Å². The quantitative estimate of drug-likeness (QED) is 0.763. The fourth-order valence-corrected chi connectivity index (χ4v) is 2.15. The average molecular weight is 260 g/mol. The summed E-state index contributed by atoms with van der Waals surface area (Å²) in [7, 11) is 4.62. The Bertz CT molecular complexity index is 448. The Labute approximate surface area is 103 Å². The lowest BCUT2D eigenvalue weighted by Gasteiger charge is -2.13. The molecule has 0 fully saturated rings. The van der Waals surface area contributed by atoms with Crippen molar-refractivity contribution in [3.63, 3.8) is 0 Å². The molecule has 1 aromatic heterocycles. The second-order valence-corrected chi connectivity index (χ2v) is 4.41. The van der Waals surface area contributed by atoms with Gasteiger partial charge in [-0.05, 0) is 6.92 Å². The lowest BCUT2D eigenvalue weighted by molar-refractivity contribution is -0.0974. The summed E-state index contributed by atoms with van der Waals surface area (Å²) >= 11 is 0.930. The summed E-state index contributed by atoms with van der Waals surface area (Å²) in [5.41, 5.74) is 0.656. The molecule has 0 saturated heterocycles. The van der Waals surface area contributed by atoms with Crippen LogP contribution in [0.1, 0.15) is 15.4 Å². The number of ether oxygens (including phenoxy) is 2. The molecule has 0 aliphatic rings. The van der Waals surface area contributed by atoms with Gasteiger partial charge in [0.2, 0.25) is 0 Å². The van der Waals surface area contributed by atoms with Gasteiger partial charge in [0.1, 0.15) is 4.88 Å². The van der Waals surface area contributed by atoms with Gasteiger partial charge >= 0.3 is 4.87 Å². The van der Waals surface area contributed by atoms with E-state index in [-0.39, 0.29) is 17.3 Å². The molecule has 1 N–H and O–H groups in total. The first-order chi connectivity index (χ1) is 8.01. The zero-order valence-electron chi connectivity index (χ0n) is 10.3. The van der Waals surface area contributed by atoms with Crippen molar-refractivity contribution in [1.29, 1.82) is 0 Å². The van der Waals surface area contributed by atoms with Gasteiger partial charge in [-0.15, -0.1) is 0 Å². The van der Waals surface area contributed by atoms with E-state index in [0.717, 1.165) is 11.3 Å². The zero-order chi connectivity index (χ0) is 13.0. The molecule has 0 spiro atoms. The molecule has 96 valence electrons. The zero-order valence-corrected chi connectivity index (χ0v) is 11.1. The highest BCUT2D eigenvalue weighted by Gasteiger charge is 2.16. The molecule has 6 nitrogen and oxygen atoms in total. The number of nitrogens with zero attached hydrogens (tertiary/aromatic N) is 1. The van der Waals surface area contributed by atoms with Crippen molar-refractivity contribution in [3.05, 3.63) is 20.2 Å². The van der Waals surface area contributed by atoms with Crippen molar-refractivity contribution in [1.82, 2.24) is 9.88 Å². The third-order valence-corrected chi connectivity index (χ3v) is 3.59. The van der Waals surface area contributed by atoms with E-state index in [1.807, 2.05) is 0 Å². The van der Waals surface area contributed by atoms with Gasteiger partial charge in [-0.2, -0.15) is 0 Å². The van der Waals surface area contributed by atoms with Crippen LogP contribution in [0.25, 0.3) is 0 Å². The molecule has 0 aromatic carbocycles. The van der Waals surface area contributed by atoms with E-state index in [2.05, 4.69) is 5.32 Å². The number of carbonyl (C=O) groups is 1. The van der Waals surface area contributed by atoms with E-state index < -0.39 is 6.29 Å². The smallest absolute Gasteiger partial charge is 0.307 e. The molecule has 7 heteroatoms. The largest absolute Gasteiger partial charge is 0.354 e. The van der Waals surface area contributed by atoms with Crippen molar-refractivity contribution >= 4 is 17.2 Å². The van der Waals surface area contributed by atoms with Crippen LogP contribution >= 0.6 is 11.3 Å². The van der Waals surface area contributed by atoms with Gasteiger partial charge in [-0.25, -0.2) is 0 Å². The van der Waals surface area contributed by atoms with Gasteiger partial charge in [0, 0.05) is 27.0 Å². The van der Waals surface area contributed by atoms with Crippen molar-refractivity contribution in [2.75, 3.05) is 20.8 Å². The molecular formula is C10H16N2O4S. The Morgan fingerprint density at radius 2 is 2.06 bits per heavy atom. The van der Waals surface area contributed by atoms with Gasteiger partial charge in [0.05, 0.1) is 6.54 Å². The van der Waals surface area contributed by atoms with Gasteiger partial charge in [-0.3, -0.25) is 9.59 Å². The first-order valence-corrected chi connectivity index (χ1v) is 5.83. The number of rotatable bonds is 5. The molecule has 17 heavy (non-hydrogen) atoms. The minimum atomic E-state index is -0.486. The van der Waals surface area contributed by atoms with E-state index >= 15 is 0 Å². The number of hydrogen-bond donors (Lipinski definition) is 1. The van der Waals surface area contributed by atoms with E-state index in [1.165, 1.54) is 18.8 Å². The summed E-state index contributed by atoms with van der Waals surface area (Å²) in [6.07, 6.45) is -0.486. The van der Waals surface area contributed by atoms with E-state index in [4.69, 9.17) is 9.47 Å². The fraction of sp³-hybridized carbons (Fsp3) is 0.600. The average Bonchev–Trinajstić information content (AvgIpc) is 2.58. The number of methoxy groups -OCH3 is 2. The second-order valence-electron chi connectivity index (χ2n) is 3.45. The van der Waals surface area contributed by atoms with Crippen LogP contribution in [-0.2, 0) is 16.5 Å². The summed E-state index contributed by atoms with van der Waals surface area (Å²) in [4.78, 5) is 23.4. The third-order valence-electron chi connectivity index (χ3n) is 2.46. The number of carbonyl (C=O) groups excluding carboxylic acids is 1. The predicted octanol–water partition coefficient (Wildman–Crippen LogP) is 0.104. The van der Waals surface area contributed by atoms with Crippen LogP contribution in [0.15, 0.2) is 4.79 Å². The third kappa shape index (κ3) is 3.15. The predicted molar refractivity (Wildman–Crippen MR) is 64.4 cm³/mol. The van der Waals surface area contributed by atoms with Gasteiger partial charge in [0.15, 0.2) is 6.29 Å². The van der Waals surface area contributed by atoms with Gasteiger partial charge < -0.3 is 19.4 Å². The lowest BCUT2D eigenvalue weighted by Crippen LogP contribution is -2.34. The molecule has 1 rings (SSSR count). The lowest BCUT2D eigenvalue weighted by atomic mass is 10.3. The summed E-state index contributed by atoms with van der Waals surface area (Å²) in [5, 5.41) is 2.65. The highest BCUT2D eigenvalue weighted by Crippen LogP contribution is 2.09. The molecule has 1 heterocycles. The number of nitrogens with one attached hydrogen (secondary N) is 1. The molecule has 0 radical (unpaired) electrons. The van der Waals surface area contributed by atoms with Gasteiger partial charge in [0.25, 0.3) is 5.91 Å². The van der Waals surface area contributed by atoms with Crippen LogP contribution in [0.3, 0.4) is 0 Å². The maximum absolute atomic E-state index is 11.8. The second kappa shape index (κ2) is 5.95. The fourth-order valence-electron chi connectivity index (χ4n) is 1.25. The first-order valence-electron chi connectivity index (χ1n) is 5.01. The van der Waals surface area contributed by atoms with E-state index in [9.17, 15) is 9.59 Å².